The van der Waals surface area contributed by atoms with Crippen LogP contribution in [0.1, 0.15) is 54.4 Å². The average molecular weight is 480 g/mol. The lowest BCUT2D eigenvalue weighted by atomic mass is 9.82. The van der Waals surface area contributed by atoms with E-state index in [4.69, 9.17) is 4.74 Å². The van der Waals surface area contributed by atoms with Gasteiger partial charge in [-0.25, -0.2) is 13.2 Å². The van der Waals surface area contributed by atoms with Crippen molar-refractivity contribution in [2.24, 2.45) is 5.92 Å². The third-order valence-electron chi connectivity index (χ3n) is 6.24. The zero-order chi connectivity index (χ0) is 24.4. The van der Waals surface area contributed by atoms with E-state index in [-0.39, 0.29) is 30.0 Å². The summed E-state index contributed by atoms with van der Waals surface area (Å²) in [6.45, 7) is 5.76. The van der Waals surface area contributed by atoms with Gasteiger partial charge < -0.3 is 4.74 Å². The number of sulfonamides is 1. The fourth-order valence-electron chi connectivity index (χ4n) is 4.41. The quantitative estimate of drug-likeness (QED) is 0.276. The Labute approximate surface area is 203 Å². The summed E-state index contributed by atoms with van der Waals surface area (Å²) in [4.78, 5) is 12.4. The Kier molecular flexibility index (Phi) is 9.50. The second-order valence-electron chi connectivity index (χ2n) is 8.65. The standard InChI is InChI=1S/C28H33NO4S/c1-3-12-27(24-13-6-4-7-14-24)29(34(31,32)26-19-17-23(2)18-20-26)21-10-11-22-33-28(30)25-15-8-5-9-16-25/h3,5,8-9,15-20,24,27H,1,4,6-7,12-14,21-22H2,2H3. The predicted octanol–water partition coefficient (Wildman–Crippen LogP) is 5.37. The van der Waals surface area contributed by atoms with Crippen LogP contribution in [0.4, 0.5) is 0 Å². The lowest BCUT2D eigenvalue weighted by Crippen LogP contribution is -2.45. The first kappa shape index (κ1) is 25.7. The number of aryl methyl sites for hydroxylation is 1. The largest absolute Gasteiger partial charge is 0.449 e. The summed E-state index contributed by atoms with van der Waals surface area (Å²) < 4.78 is 34.1. The van der Waals surface area contributed by atoms with Crippen molar-refractivity contribution in [3.05, 3.63) is 78.4 Å². The molecule has 34 heavy (non-hydrogen) atoms. The maximum absolute atomic E-state index is 13.7. The fraction of sp³-hybridized carbons (Fsp3) is 0.393. The van der Waals surface area contributed by atoms with Crippen LogP contribution in [-0.2, 0) is 14.8 Å². The highest BCUT2D eigenvalue weighted by molar-refractivity contribution is 7.89. The molecule has 0 bridgehead atoms. The Bertz CT molecular complexity index is 1110. The van der Waals surface area contributed by atoms with Crippen LogP contribution in [0.2, 0.25) is 0 Å². The van der Waals surface area contributed by atoms with Crippen LogP contribution in [0.5, 0.6) is 0 Å². The van der Waals surface area contributed by atoms with Gasteiger partial charge in [-0.1, -0.05) is 73.1 Å². The Balaban J connectivity index is 1.80. The summed E-state index contributed by atoms with van der Waals surface area (Å²) in [5.41, 5.74) is 1.46. The summed E-state index contributed by atoms with van der Waals surface area (Å²) in [5, 5.41) is 0. The van der Waals surface area contributed by atoms with Crippen LogP contribution in [0.3, 0.4) is 0 Å². The highest BCUT2D eigenvalue weighted by Crippen LogP contribution is 2.33. The molecule has 5 nitrogen and oxygen atoms in total. The molecular weight excluding hydrogens is 446 g/mol. The van der Waals surface area contributed by atoms with E-state index >= 15 is 0 Å². The first-order chi connectivity index (χ1) is 16.4. The SMILES string of the molecule is C=CCC(C1CCCCC1)N(CC#CCOC(=O)c1ccccc1)S(=O)(=O)c1ccc(C)cc1. The average Bonchev–Trinajstić information content (AvgIpc) is 2.86. The zero-order valence-corrected chi connectivity index (χ0v) is 20.6. The lowest BCUT2D eigenvalue weighted by molar-refractivity contribution is 0.0556. The van der Waals surface area contributed by atoms with Gasteiger partial charge in [0.25, 0.3) is 0 Å². The molecule has 1 unspecified atom stereocenters. The van der Waals surface area contributed by atoms with E-state index in [2.05, 4.69) is 18.4 Å². The van der Waals surface area contributed by atoms with E-state index in [0.717, 1.165) is 31.2 Å². The van der Waals surface area contributed by atoms with Gasteiger partial charge in [-0.05, 0) is 56.4 Å². The molecule has 3 rings (SSSR count). The molecule has 0 amide bonds. The molecule has 0 aromatic heterocycles. The first-order valence-corrected chi connectivity index (χ1v) is 13.2. The van der Waals surface area contributed by atoms with E-state index in [1.54, 1.807) is 42.5 Å². The van der Waals surface area contributed by atoms with E-state index in [1.165, 1.54) is 10.7 Å². The van der Waals surface area contributed by atoms with Crippen molar-refractivity contribution in [2.75, 3.05) is 13.2 Å². The number of carbonyl (C=O) groups is 1. The Hall–Kier alpha value is -2.88. The molecule has 0 radical (unpaired) electrons. The van der Waals surface area contributed by atoms with Crippen molar-refractivity contribution in [1.82, 2.24) is 4.31 Å². The third-order valence-corrected chi connectivity index (χ3v) is 8.13. The molecule has 0 heterocycles. The Morgan fingerprint density at radius 1 is 1.09 bits per heavy atom. The number of hydrogen-bond donors (Lipinski definition) is 0. The highest BCUT2D eigenvalue weighted by atomic mass is 32.2. The summed E-state index contributed by atoms with van der Waals surface area (Å²) >= 11 is 0. The molecule has 2 aromatic carbocycles. The Morgan fingerprint density at radius 3 is 2.41 bits per heavy atom. The topological polar surface area (TPSA) is 63.7 Å². The van der Waals surface area contributed by atoms with E-state index in [1.807, 2.05) is 25.1 Å². The molecule has 180 valence electrons. The molecule has 1 fully saturated rings. The van der Waals surface area contributed by atoms with Gasteiger partial charge in [-0.3, -0.25) is 0 Å². The van der Waals surface area contributed by atoms with Crippen LogP contribution in [0.15, 0.2) is 72.1 Å². The van der Waals surface area contributed by atoms with Crippen LogP contribution in [0, 0.1) is 24.7 Å². The minimum Gasteiger partial charge on any atom is -0.449 e. The van der Waals surface area contributed by atoms with Crippen molar-refractivity contribution >= 4 is 16.0 Å². The van der Waals surface area contributed by atoms with Crippen molar-refractivity contribution < 1.29 is 17.9 Å². The van der Waals surface area contributed by atoms with Crippen LogP contribution in [-0.4, -0.2) is 37.9 Å². The number of nitrogens with zero attached hydrogens (tertiary/aromatic N) is 1. The monoisotopic (exact) mass is 479 g/mol. The van der Waals surface area contributed by atoms with Gasteiger partial charge in [0.2, 0.25) is 10.0 Å². The van der Waals surface area contributed by atoms with Gasteiger partial charge in [0.1, 0.15) is 0 Å². The van der Waals surface area contributed by atoms with Gasteiger partial charge >= 0.3 is 5.97 Å². The molecule has 1 saturated carbocycles. The molecule has 1 atom stereocenters. The predicted molar refractivity (Wildman–Crippen MR) is 135 cm³/mol. The van der Waals surface area contributed by atoms with Crippen LogP contribution >= 0.6 is 0 Å². The van der Waals surface area contributed by atoms with Crippen LogP contribution in [0.25, 0.3) is 0 Å². The normalized spacial score (nSPS) is 15.2. The number of benzene rings is 2. The molecule has 2 aromatic rings. The smallest absolute Gasteiger partial charge is 0.339 e. The van der Waals surface area contributed by atoms with Crippen molar-refractivity contribution in [2.45, 2.75) is 56.4 Å². The van der Waals surface area contributed by atoms with Gasteiger partial charge in [0.15, 0.2) is 6.61 Å². The van der Waals surface area contributed by atoms with Crippen molar-refractivity contribution in [3.8, 4) is 11.8 Å². The lowest BCUT2D eigenvalue weighted by Gasteiger charge is -2.36. The minimum atomic E-state index is -3.76. The third kappa shape index (κ3) is 6.82. The molecule has 0 saturated heterocycles. The van der Waals surface area contributed by atoms with E-state index < -0.39 is 16.0 Å². The first-order valence-electron chi connectivity index (χ1n) is 11.8. The van der Waals surface area contributed by atoms with E-state index in [9.17, 15) is 13.2 Å². The summed E-state index contributed by atoms with van der Waals surface area (Å²) in [5.74, 6) is 5.58. The van der Waals surface area contributed by atoms with E-state index in [0.29, 0.717) is 12.0 Å². The Morgan fingerprint density at radius 2 is 1.76 bits per heavy atom. The summed E-state index contributed by atoms with van der Waals surface area (Å²) in [7, 11) is -3.76. The number of carbonyl (C=O) groups excluding carboxylic acids is 1. The molecular formula is C28H33NO4S. The number of rotatable bonds is 9. The van der Waals surface area contributed by atoms with Crippen molar-refractivity contribution in [3.63, 3.8) is 0 Å². The van der Waals surface area contributed by atoms with Crippen LogP contribution < -0.4 is 0 Å². The van der Waals surface area contributed by atoms with Gasteiger partial charge in [0, 0.05) is 6.04 Å². The number of hydrogen-bond acceptors (Lipinski definition) is 4. The molecule has 6 heteroatoms. The highest BCUT2D eigenvalue weighted by Gasteiger charge is 2.35. The summed E-state index contributed by atoms with van der Waals surface area (Å²) in [6.07, 6.45) is 7.78. The molecule has 1 aliphatic carbocycles. The second-order valence-corrected chi connectivity index (χ2v) is 10.5. The number of esters is 1. The maximum Gasteiger partial charge on any atom is 0.339 e. The van der Waals surface area contributed by atoms with Gasteiger partial charge in [0.05, 0.1) is 17.0 Å². The van der Waals surface area contributed by atoms with Gasteiger partial charge in [-0.2, -0.15) is 4.31 Å². The fourth-order valence-corrected chi connectivity index (χ4v) is 6.01. The second kappa shape index (κ2) is 12.5. The zero-order valence-electron chi connectivity index (χ0n) is 19.8. The molecule has 0 spiro atoms. The summed E-state index contributed by atoms with van der Waals surface area (Å²) in [6, 6.07) is 15.4. The molecule has 1 aliphatic rings. The van der Waals surface area contributed by atoms with Crippen molar-refractivity contribution in [1.29, 1.82) is 0 Å². The maximum atomic E-state index is 13.7. The molecule has 0 aliphatic heterocycles. The number of ether oxygens (including phenoxy) is 1. The molecule has 0 N–H and O–H groups in total. The van der Waals surface area contributed by atoms with Gasteiger partial charge in [-0.15, -0.1) is 6.58 Å². The minimum absolute atomic E-state index is 0.0358.